The van der Waals surface area contributed by atoms with E-state index in [0.717, 1.165) is 38.3 Å². The van der Waals surface area contributed by atoms with E-state index in [1.807, 2.05) is 20.8 Å². The van der Waals surface area contributed by atoms with Crippen LogP contribution in [0.1, 0.15) is 52.9 Å². The summed E-state index contributed by atoms with van der Waals surface area (Å²) in [5.41, 5.74) is 0.00107. The molecule has 4 fully saturated rings. The topological polar surface area (TPSA) is 38.3 Å². The zero-order chi connectivity index (χ0) is 13.0. The molecule has 4 aliphatic rings. The maximum atomic E-state index is 12.4. The lowest BCUT2D eigenvalue weighted by Gasteiger charge is -2.64. The van der Waals surface area contributed by atoms with Crippen molar-refractivity contribution >= 4 is 5.97 Å². The molecule has 0 aromatic rings. The van der Waals surface area contributed by atoms with Crippen molar-refractivity contribution in [1.29, 1.82) is 0 Å². The van der Waals surface area contributed by atoms with Crippen LogP contribution in [0.2, 0.25) is 0 Å². The minimum absolute atomic E-state index is 0.0672. The SMILES string of the molecule is CC(C)(C)OC(=O)C12CCCC(C3CNC3)(C1)C2. The number of carbonyl (C=O) groups excluding carboxylic acids is 1. The Morgan fingerprint density at radius 2 is 1.89 bits per heavy atom. The molecule has 0 aromatic carbocycles. The lowest BCUT2D eigenvalue weighted by atomic mass is 9.41. The van der Waals surface area contributed by atoms with Crippen LogP contribution < -0.4 is 5.32 Å². The molecule has 0 atom stereocenters. The third kappa shape index (κ3) is 1.78. The lowest BCUT2D eigenvalue weighted by Crippen LogP contribution is -2.64. The quantitative estimate of drug-likeness (QED) is 0.766. The average molecular weight is 251 g/mol. The number of esters is 1. The molecule has 18 heavy (non-hydrogen) atoms. The molecular formula is C15H25NO2. The number of rotatable bonds is 2. The van der Waals surface area contributed by atoms with Gasteiger partial charge >= 0.3 is 5.97 Å². The van der Waals surface area contributed by atoms with Gasteiger partial charge in [0.2, 0.25) is 0 Å². The van der Waals surface area contributed by atoms with E-state index in [2.05, 4.69) is 5.32 Å². The van der Waals surface area contributed by atoms with E-state index in [4.69, 9.17) is 4.74 Å². The first-order chi connectivity index (χ1) is 8.35. The summed E-state index contributed by atoms with van der Waals surface area (Å²) in [6.07, 6.45) is 5.74. The van der Waals surface area contributed by atoms with Crippen molar-refractivity contribution in [3.8, 4) is 0 Å². The Bertz CT molecular complexity index is 359. The van der Waals surface area contributed by atoms with Gasteiger partial charge in [0.25, 0.3) is 0 Å². The second-order valence-electron chi connectivity index (χ2n) is 7.71. The average Bonchev–Trinajstić information content (AvgIpc) is 2.10. The molecule has 1 heterocycles. The predicted molar refractivity (Wildman–Crippen MR) is 70.2 cm³/mol. The Hall–Kier alpha value is -0.570. The van der Waals surface area contributed by atoms with Crippen LogP contribution in [0.4, 0.5) is 0 Å². The zero-order valence-electron chi connectivity index (χ0n) is 11.8. The first kappa shape index (κ1) is 12.5. The number of ether oxygens (including phenoxy) is 1. The Morgan fingerprint density at radius 3 is 2.39 bits per heavy atom. The van der Waals surface area contributed by atoms with Gasteiger partial charge in [-0.25, -0.2) is 0 Å². The van der Waals surface area contributed by atoms with Gasteiger partial charge in [0.1, 0.15) is 5.60 Å². The van der Waals surface area contributed by atoms with Gasteiger partial charge in [-0.3, -0.25) is 4.79 Å². The first-order valence-corrected chi connectivity index (χ1v) is 7.30. The fourth-order valence-electron chi connectivity index (χ4n) is 4.28. The van der Waals surface area contributed by atoms with Crippen molar-refractivity contribution in [3.05, 3.63) is 0 Å². The Morgan fingerprint density at radius 1 is 1.22 bits per heavy atom. The summed E-state index contributed by atoms with van der Waals surface area (Å²) in [6.45, 7) is 8.21. The standard InChI is InChI=1S/C15H25NO2/c1-13(2,3)18-12(17)15-6-4-5-14(9-15,10-15)11-7-16-8-11/h11,16H,4-10H2,1-3H3. The summed E-state index contributed by atoms with van der Waals surface area (Å²) in [6, 6.07) is 0. The number of carbonyl (C=O) groups is 1. The highest BCUT2D eigenvalue weighted by molar-refractivity contribution is 5.79. The summed E-state index contributed by atoms with van der Waals surface area (Å²) in [5, 5.41) is 3.37. The third-order valence-electron chi connectivity index (χ3n) is 5.19. The Labute approximate surface area is 110 Å². The van der Waals surface area contributed by atoms with Crippen LogP contribution in [-0.2, 0) is 9.53 Å². The molecule has 3 nitrogen and oxygen atoms in total. The molecule has 3 aliphatic carbocycles. The Balaban J connectivity index is 1.69. The number of hydrogen-bond acceptors (Lipinski definition) is 3. The highest BCUT2D eigenvalue weighted by atomic mass is 16.6. The molecule has 0 amide bonds. The zero-order valence-corrected chi connectivity index (χ0v) is 11.8. The summed E-state index contributed by atoms with van der Waals surface area (Å²) in [5.74, 6) is 0.881. The second kappa shape index (κ2) is 3.72. The highest BCUT2D eigenvalue weighted by Gasteiger charge is 2.65. The van der Waals surface area contributed by atoms with Gasteiger partial charge in [0.15, 0.2) is 0 Å². The largest absolute Gasteiger partial charge is 0.460 e. The van der Waals surface area contributed by atoms with E-state index in [-0.39, 0.29) is 17.0 Å². The predicted octanol–water partition coefficient (Wildman–Crippen LogP) is 2.50. The molecule has 4 rings (SSSR count). The van der Waals surface area contributed by atoms with Crippen molar-refractivity contribution in [1.82, 2.24) is 5.32 Å². The molecule has 1 N–H and O–H groups in total. The highest BCUT2D eigenvalue weighted by Crippen LogP contribution is 2.67. The van der Waals surface area contributed by atoms with Gasteiger partial charge in [0, 0.05) is 0 Å². The van der Waals surface area contributed by atoms with Crippen molar-refractivity contribution in [2.24, 2.45) is 16.7 Å². The molecule has 0 aromatic heterocycles. The van der Waals surface area contributed by atoms with Crippen LogP contribution >= 0.6 is 0 Å². The molecule has 0 spiro atoms. The lowest BCUT2D eigenvalue weighted by molar-refractivity contribution is -0.203. The molecule has 102 valence electrons. The van der Waals surface area contributed by atoms with Crippen LogP contribution in [0.3, 0.4) is 0 Å². The molecule has 2 bridgehead atoms. The van der Waals surface area contributed by atoms with Crippen LogP contribution in [0.25, 0.3) is 0 Å². The van der Waals surface area contributed by atoms with Crippen LogP contribution in [0, 0.1) is 16.7 Å². The summed E-state index contributed by atoms with van der Waals surface area (Å²) in [4.78, 5) is 12.4. The molecule has 1 aliphatic heterocycles. The fraction of sp³-hybridized carbons (Fsp3) is 0.933. The monoisotopic (exact) mass is 251 g/mol. The Kier molecular flexibility index (Phi) is 2.58. The summed E-state index contributed by atoms with van der Waals surface area (Å²) in [7, 11) is 0. The first-order valence-electron chi connectivity index (χ1n) is 7.30. The summed E-state index contributed by atoms with van der Waals surface area (Å²) >= 11 is 0. The van der Waals surface area contributed by atoms with E-state index in [0.29, 0.717) is 5.41 Å². The van der Waals surface area contributed by atoms with Crippen LogP contribution in [0.5, 0.6) is 0 Å². The number of nitrogens with one attached hydrogen (secondary N) is 1. The number of hydrogen-bond donors (Lipinski definition) is 1. The van der Waals surface area contributed by atoms with E-state index in [1.54, 1.807) is 0 Å². The molecule has 3 heteroatoms. The van der Waals surface area contributed by atoms with Crippen LogP contribution in [0.15, 0.2) is 0 Å². The molecule has 0 unspecified atom stereocenters. The van der Waals surface area contributed by atoms with E-state index in [1.165, 1.54) is 12.8 Å². The van der Waals surface area contributed by atoms with Crippen LogP contribution in [-0.4, -0.2) is 24.7 Å². The van der Waals surface area contributed by atoms with Gasteiger partial charge in [-0.15, -0.1) is 0 Å². The normalized spacial score (nSPS) is 39.7. The van der Waals surface area contributed by atoms with E-state index in [9.17, 15) is 4.79 Å². The van der Waals surface area contributed by atoms with Crippen molar-refractivity contribution in [3.63, 3.8) is 0 Å². The van der Waals surface area contributed by atoms with Gasteiger partial charge in [-0.05, 0) is 70.9 Å². The third-order valence-corrected chi connectivity index (χ3v) is 5.19. The maximum Gasteiger partial charge on any atom is 0.312 e. The van der Waals surface area contributed by atoms with Crippen molar-refractivity contribution in [2.75, 3.05) is 13.1 Å². The smallest absolute Gasteiger partial charge is 0.312 e. The van der Waals surface area contributed by atoms with Crippen molar-refractivity contribution in [2.45, 2.75) is 58.5 Å². The van der Waals surface area contributed by atoms with Gasteiger partial charge in [-0.1, -0.05) is 6.42 Å². The molecule has 0 radical (unpaired) electrons. The molecular weight excluding hydrogens is 226 g/mol. The summed E-state index contributed by atoms with van der Waals surface area (Å²) < 4.78 is 5.64. The number of fused-ring (bicyclic) bond motifs is 2. The minimum atomic E-state index is -0.348. The molecule has 3 saturated carbocycles. The van der Waals surface area contributed by atoms with Gasteiger partial charge in [0.05, 0.1) is 5.41 Å². The van der Waals surface area contributed by atoms with E-state index >= 15 is 0 Å². The fourth-order valence-corrected chi connectivity index (χ4v) is 4.28. The van der Waals surface area contributed by atoms with Crippen molar-refractivity contribution < 1.29 is 9.53 Å². The minimum Gasteiger partial charge on any atom is -0.460 e. The molecule has 1 saturated heterocycles. The van der Waals surface area contributed by atoms with Gasteiger partial charge < -0.3 is 10.1 Å². The van der Waals surface area contributed by atoms with Gasteiger partial charge in [-0.2, -0.15) is 0 Å². The maximum absolute atomic E-state index is 12.4. The second-order valence-corrected chi connectivity index (χ2v) is 7.71. The van der Waals surface area contributed by atoms with E-state index < -0.39 is 0 Å².